The topological polar surface area (TPSA) is 43.6 Å². The smallest absolute Gasteiger partial charge is 0.168 e. The summed E-state index contributed by atoms with van der Waals surface area (Å²) in [7, 11) is 0. The Hall–Kier alpha value is -3.01. The first-order valence-corrected chi connectivity index (χ1v) is 7.13. The van der Waals surface area contributed by atoms with Crippen molar-refractivity contribution in [3.05, 3.63) is 72.8 Å². The van der Waals surface area contributed by atoms with E-state index in [1.807, 2.05) is 34.9 Å². The van der Waals surface area contributed by atoms with E-state index in [9.17, 15) is 0 Å². The number of benzene rings is 2. The van der Waals surface area contributed by atoms with E-state index in [0.717, 1.165) is 28.1 Å². The largest absolute Gasteiger partial charge is 0.283 e. The number of aryl methyl sites for hydroxylation is 1. The third-order valence-electron chi connectivity index (χ3n) is 3.69. The Morgan fingerprint density at radius 1 is 0.818 bits per heavy atom. The Kier molecular flexibility index (Phi) is 2.93. The van der Waals surface area contributed by atoms with Crippen LogP contribution in [0.3, 0.4) is 0 Å². The summed E-state index contributed by atoms with van der Waals surface area (Å²) in [4.78, 5) is 13.4. The van der Waals surface area contributed by atoms with Crippen molar-refractivity contribution in [2.24, 2.45) is 0 Å². The molecule has 0 amide bonds. The maximum absolute atomic E-state index is 4.53. The van der Waals surface area contributed by atoms with E-state index >= 15 is 0 Å². The molecule has 0 atom stereocenters. The van der Waals surface area contributed by atoms with Crippen molar-refractivity contribution in [2.75, 3.05) is 0 Å². The molecular weight excluding hydrogens is 272 g/mol. The number of hydrogen-bond donors (Lipinski definition) is 0. The van der Waals surface area contributed by atoms with Crippen molar-refractivity contribution in [1.82, 2.24) is 19.5 Å². The third kappa shape index (κ3) is 2.05. The molecule has 4 aromatic rings. The second-order valence-corrected chi connectivity index (χ2v) is 5.21. The summed E-state index contributed by atoms with van der Waals surface area (Å²) < 4.78 is 1.98. The highest BCUT2D eigenvalue weighted by molar-refractivity contribution is 5.87. The minimum absolute atomic E-state index is 0.815. The van der Waals surface area contributed by atoms with Crippen LogP contribution < -0.4 is 0 Å². The van der Waals surface area contributed by atoms with Crippen molar-refractivity contribution in [1.29, 1.82) is 0 Å². The number of aromatic nitrogens is 4. The maximum atomic E-state index is 4.53. The van der Waals surface area contributed by atoms with Gasteiger partial charge in [0.1, 0.15) is 23.9 Å². The monoisotopic (exact) mass is 286 g/mol. The van der Waals surface area contributed by atoms with Crippen molar-refractivity contribution in [2.45, 2.75) is 6.92 Å². The van der Waals surface area contributed by atoms with E-state index in [1.54, 1.807) is 12.7 Å². The van der Waals surface area contributed by atoms with Crippen LogP contribution in [0.4, 0.5) is 0 Å². The van der Waals surface area contributed by atoms with Gasteiger partial charge in [-0.3, -0.25) is 4.57 Å². The number of nitrogens with zero attached hydrogens (tertiary/aromatic N) is 4. The van der Waals surface area contributed by atoms with E-state index in [1.165, 1.54) is 5.56 Å². The number of fused-ring (bicyclic) bond motifs is 1. The summed E-state index contributed by atoms with van der Waals surface area (Å²) in [6.45, 7) is 2.07. The van der Waals surface area contributed by atoms with E-state index in [4.69, 9.17) is 0 Å². The standard InChI is InChI=1S/C18H14N4/c1-13-7-9-14(10-8-13)16-17-18(20-11-19-16)22(12-21-17)15-5-3-2-4-6-15/h2-12H,1H3. The van der Waals surface area contributed by atoms with Crippen LogP contribution in [0.5, 0.6) is 0 Å². The van der Waals surface area contributed by atoms with Crippen LogP contribution in [-0.4, -0.2) is 19.5 Å². The predicted octanol–water partition coefficient (Wildman–Crippen LogP) is 3.79. The predicted molar refractivity (Wildman–Crippen MR) is 86.8 cm³/mol. The van der Waals surface area contributed by atoms with Gasteiger partial charge in [-0.2, -0.15) is 0 Å². The third-order valence-corrected chi connectivity index (χ3v) is 3.69. The summed E-state index contributed by atoms with van der Waals surface area (Å²) in [5, 5.41) is 0. The SMILES string of the molecule is Cc1ccc(-c2ncnc3c2ncn3-c2ccccc2)cc1. The Morgan fingerprint density at radius 3 is 2.36 bits per heavy atom. The highest BCUT2D eigenvalue weighted by Crippen LogP contribution is 2.25. The highest BCUT2D eigenvalue weighted by atomic mass is 15.1. The zero-order valence-corrected chi connectivity index (χ0v) is 12.1. The molecule has 0 unspecified atom stereocenters. The van der Waals surface area contributed by atoms with Gasteiger partial charge < -0.3 is 0 Å². The first-order chi connectivity index (χ1) is 10.8. The number of rotatable bonds is 2. The lowest BCUT2D eigenvalue weighted by atomic mass is 10.1. The molecule has 0 bridgehead atoms. The summed E-state index contributed by atoms with van der Waals surface area (Å²) in [5.74, 6) is 0. The molecule has 0 aliphatic heterocycles. The van der Waals surface area contributed by atoms with Crippen LogP contribution in [0.1, 0.15) is 5.56 Å². The Labute approximate surface area is 128 Å². The molecule has 0 saturated carbocycles. The molecule has 4 heteroatoms. The number of imidazole rings is 1. The fourth-order valence-electron chi connectivity index (χ4n) is 2.54. The molecule has 4 rings (SSSR count). The van der Waals surface area contributed by atoms with Crippen molar-refractivity contribution in [3.63, 3.8) is 0 Å². The lowest BCUT2D eigenvalue weighted by Gasteiger charge is -2.04. The Balaban J connectivity index is 1.92. The zero-order valence-electron chi connectivity index (χ0n) is 12.1. The fourth-order valence-corrected chi connectivity index (χ4v) is 2.54. The molecule has 106 valence electrons. The average molecular weight is 286 g/mol. The molecule has 0 fully saturated rings. The van der Waals surface area contributed by atoms with Crippen molar-refractivity contribution < 1.29 is 0 Å². The van der Waals surface area contributed by atoms with E-state index in [0.29, 0.717) is 0 Å². The van der Waals surface area contributed by atoms with Gasteiger partial charge in [0.15, 0.2) is 5.65 Å². The van der Waals surface area contributed by atoms with E-state index in [-0.39, 0.29) is 0 Å². The fraction of sp³-hybridized carbons (Fsp3) is 0.0556. The molecular formula is C18H14N4. The van der Waals surface area contributed by atoms with E-state index in [2.05, 4.69) is 46.1 Å². The van der Waals surface area contributed by atoms with Crippen molar-refractivity contribution >= 4 is 11.2 Å². The molecule has 4 nitrogen and oxygen atoms in total. The minimum Gasteiger partial charge on any atom is -0.283 e. The minimum atomic E-state index is 0.815. The molecule has 2 aromatic heterocycles. The first-order valence-electron chi connectivity index (χ1n) is 7.13. The lowest BCUT2D eigenvalue weighted by molar-refractivity contribution is 1.06. The van der Waals surface area contributed by atoms with Crippen LogP contribution in [-0.2, 0) is 0 Å². The van der Waals surface area contributed by atoms with Gasteiger partial charge in [-0.25, -0.2) is 15.0 Å². The molecule has 0 aliphatic carbocycles. The second-order valence-electron chi connectivity index (χ2n) is 5.21. The molecule has 0 N–H and O–H groups in total. The van der Waals surface area contributed by atoms with Crippen LogP contribution in [0.2, 0.25) is 0 Å². The molecule has 22 heavy (non-hydrogen) atoms. The molecule has 0 radical (unpaired) electrons. The van der Waals surface area contributed by atoms with Gasteiger partial charge >= 0.3 is 0 Å². The van der Waals surface area contributed by atoms with Crippen LogP contribution in [0, 0.1) is 6.92 Å². The molecule has 2 heterocycles. The van der Waals surface area contributed by atoms with Gasteiger partial charge in [0.05, 0.1) is 0 Å². The maximum Gasteiger partial charge on any atom is 0.168 e. The van der Waals surface area contributed by atoms with Gasteiger partial charge in [-0.15, -0.1) is 0 Å². The Morgan fingerprint density at radius 2 is 1.59 bits per heavy atom. The van der Waals surface area contributed by atoms with Crippen LogP contribution in [0.15, 0.2) is 67.3 Å². The Bertz CT molecular complexity index is 924. The van der Waals surface area contributed by atoms with Gasteiger partial charge in [0, 0.05) is 11.3 Å². The zero-order chi connectivity index (χ0) is 14.9. The van der Waals surface area contributed by atoms with Gasteiger partial charge in [0.2, 0.25) is 0 Å². The molecule has 0 saturated heterocycles. The summed E-state index contributed by atoms with van der Waals surface area (Å²) >= 11 is 0. The molecule has 0 spiro atoms. The number of para-hydroxylation sites is 1. The summed E-state index contributed by atoms with van der Waals surface area (Å²) in [5.41, 5.74) is 5.81. The van der Waals surface area contributed by atoms with Crippen molar-refractivity contribution in [3.8, 4) is 16.9 Å². The first kappa shape index (κ1) is 12.7. The van der Waals surface area contributed by atoms with Gasteiger partial charge in [-0.1, -0.05) is 48.0 Å². The number of hydrogen-bond acceptors (Lipinski definition) is 3. The highest BCUT2D eigenvalue weighted by Gasteiger charge is 2.12. The molecule has 2 aromatic carbocycles. The summed E-state index contributed by atoms with van der Waals surface area (Å²) in [6.07, 6.45) is 3.39. The van der Waals surface area contributed by atoms with Gasteiger partial charge in [-0.05, 0) is 19.1 Å². The summed E-state index contributed by atoms with van der Waals surface area (Å²) in [6, 6.07) is 18.4. The molecule has 0 aliphatic rings. The quantitative estimate of drug-likeness (QED) is 0.563. The average Bonchev–Trinajstić information content (AvgIpc) is 3.00. The second kappa shape index (κ2) is 5.07. The normalized spacial score (nSPS) is 11.0. The van der Waals surface area contributed by atoms with Crippen LogP contribution in [0.25, 0.3) is 28.1 Å². The van der Waals surface area contributed by atoms with Crippen LogP contribution >= 0.6 is 0 Å². The lowest BCUT2D eigenvalue weighted by Crippen LogP contribution is -1.95. The van der Waals surface area contributed by atoms with Gasteiger partial charge in [0.25, 0.3) is 0 Å². The van der Waals surface area contributed by atoms with E-state index < -0.39 is 0 Å².